The number of piperidine rings is 1. The molecule has 10 atom stereocenters. The van der Waals surface area contributed by atoms with Crippen LogP contribution in [0, 0.1) is 18.3 Å². The third-order valence-corrected chi connectivity index (χ3v) is 19.7. The van der Waals surface area contributed by atoms with E-state index in [4.69, 9.17) is 18.9 Å². The fraction of sp³-hybridized carbons (Fsp3) is 0.492. The van der Waals surface area contributed by atoms with Crippen LogP contribution in [0.2, 0.25) is 0 Å². The Labute approximate surface area is 457 Å². The SMILES string of the molecule is CC[C@]1(O)C[C@@H]2C[C@@](C(=O)OC)(c3cc4c(cc3OC)N(C)[C@H]3[C@@](O)(C(=O)OC)[C@H](OC(C)=O)[C@]5(CC)C=CCN6CC[C@]43[C@@H]65)c3[nH]c4ccccc4c3CCC[N+](Cc3ccccc3)(C2)C1.Cc1ccc(S(=O)(=O)[O-])cc1. The molecule has 16 nitrogen and oxygen atoms in total. The summed E-state index contributed by atoms with van der Waals surface area (Å²) in [6.07, 6.45) is 6.75. The number of aryl methyl sites for hydroxylation is 2. The molecule has 4 aromatic carbocycles. The number of aliphatic hydroxyl groups is 2. The van der Waals surface area contributed by atoms with Crippen molar-refractivity contribution in [2.24, 2.45) is 11.3 Å². The molecule has 2 bridgehead atoms. The van der Waals surface area contributed by atoms with E-state index in [1.807, 2.05) is 50.1 Å². The van der Waals surface area contributed by atoms with Gasteiger partial charge in [-0.05, 0) is 87.4 Å². The fourth-order valence-electron chi connectivity index (χ4n) is 16.1. The second-order valence-electron chi connectivity index (χ2n) is 23.1. The van der Waals surface area contributed by atoms with E-state index >= 15 is 4.79 Å². The Morgan fingerprint density at radius 1 is 0.885 bits per heavy atom. The number of H-pyrrole nitrogens is 1. The van der Waals surface area contributed by atoms with Crippen LogP contribution in [0.3, 0.4) is 0 Å². The van der Waals surface area contributed by atoms with E-state index in [1.165, 1.54) is 38.8 Å². The van der Waals surface area contributed by atoms with Crippen molar-refractivity contribution in [2.45, 2.75) is 124 Å². The topological polar surface area (TPSA) is 208 Å². The van der Waals surface area contributed by atoms with Gasteiger partial charge in [-0.15, -0.1) is 0 Å². The zero-order valence-electron chi connectivity index (χ0n) is 46.0. The van der Waals surface area contributed by atoms with Crippen LogP contribution < -0.4 is 9.64 Å². The van der Waals surface area contributed by atoms with Gasteiger partial charge in [-0.1, -0.05) is 92.2 Å². The van der Waals surface area contributed by atoms with Crippen molar-refractivity contribution in [3.05, 3.63) is 137 Å². The molecule has 1 spiro atoms. The fourth-order valence-corrected chi connectivity index (χ4v) is 16.6. The van der Waals surface area contributed by atoms with Crippen molar-refractivity contribution < 1.29 is 61.0 Å². The van der Waals surface area contributed by atoms with Crippen LogP contribution in [-0.4, -0.2) is 146 Å². The zero-order chi connectivity index (χ0) is 55.8. The Bertz CT molecular complexity index is 3280. The summed E-state index contributed by atoms with van der Waals surface area (Å²) in [6.45, 7) is 11.5. The molecule has 1 saturated carbocycles. The molecule has 78 heavy (non-hydrogen) atoms. The van der Waals surface area contributed by atoms with Gasteiger partial charge in [0.25, 0.3) is 0 Å². The number of benzene rings is 4. The number of aromatic nitrogens is 1. The zero-order valence-corrected chi connectivity index (χ0v) is 46.9. The normalized spacial score (nSPS) is 31.9. The first-order valence-corrected chi connectivity index (χ1v) is 28.7. The average molecular weight is 1090 g/mol. The Balaban J connectivity index is 0.000000559. The Morgan fingerprint density at radius 2 is 1.59 bits per heavy atom. The Morgan fingerprint density at radius 3 is 2.24 bits per heavy atom. The first-order chi connectivity index (χ1) is 37.1. The monoisotopic (exact) mass is 1090 g/mol. The molecule has 5 aromatic rings. The first-order valence-electron chi connectivity index (χ1n) is 27.3. The average Bonchev–Trinajstić information content (AvgIpc) is 2.46. The Hall–Kier alpha value is -6.08. The first kappa shape index (κ1) is 55.2. The van der Waals surface area contributed by atoms with Gasteiger partial charge in [0.1, 0.15) is 40.0 Å². The van der Waals surface area contributed by atoms with E-state index < -0.39 is 67.6 Å². The highest BCUT2D eigenvalue weighted by molar-refractivity contribution is 7.85. The number of quaternary nitrogens is 1. The number of aromatic amines is 1. The summed E-state index contributed by atoms with van der Waals surface area (Å²) < 4.78 is 56.2. The summed E-state index contributed by atoms with van der Waals surface area (Å²) in [7, 11) is 1.95. The van der Waals surface area contributed by atoms with Gasteiger partial charge >= 0.3 is 17.9 Å². The molecule has 17 heteroatoms. The molecule has 1 aliphatic carbocycles. The van der Waals surface area contributed by atoms with Crippen molar-refractivity contribution in [3.8, 4) is 5.75 Å². The minimum Gasteiger partial charge on any atom is -0.744 e. The minimum absolute atomic E-state index is 0.146. The van der Waals surface area contributed by atoms with Crippen molar-refractivity contribution in [3.63, 3.8) is 0 Å². The molecule has 1 unspecified atom stereocenters. The van der Waals surface area contributed by atoms with E-state index in [9.17, 15) is 32.8 Å². The Kier molecular flexibility index (Phi) is 14.3. The van der Waals surface area contributed by atoms with Gasteiger partial charge in [0, 0.05) is 89.2 Å². The van der Waals surface area contributed by atoms with Crippen molar-refractivity contribution in [2.75, 3.05) is 66.0 Å². The number of rotatable bonds is 10. The highest BCUT2D eigenvalue weighted by Gasteiger charge is 2.80. The molecule has 3 fully saturated rings. The number of nitrogens with one attached hydrogen (secondary N) is 1. The number of hydrogen-bond donors (Lipinski definition) is 3. The second kappa shape index (κ2) is 20.2. The minimum atomic E-state index is -4.27. The molecule has 416 valence electrons. The van der Waals surface area contributed by atoms with Crippen LogP contribution in [0.5, 0.6) is 5.75 Å². The number of esters is 3. The van der Waals surface area contributed by atoms with Gasteiger partial charge < -0.3 is 48.1 Å². The molecule has 11 rings (SSSR count). The van der Waals surface area contributed by atoms with Crippen molar-refractivity contribution >= 4 is 44.6 Å². The number of para-hydroxylation sites is 1. The van der Waals surface area contributed by atoms with Gasteiger partial charge in [-0.2, -0.15) is 0 Å². The van der Waals surface area contributed by atoms with Crippen LogP contribution in [0.25, 0.3) is 10.9 Å². The highest BCUT2D eigenvalue weighted by Crippen LogP contribution is 2.68. The lowest BCUT2D eigenvalue weighted by Gasteiger charge is -2.63. The number of carbonyl (C=O) groups excluding carboxylic acids is 3. The summed E-state index contributed by atoms with van der Waals surface area (Å²) in [5.41, 5.74) is 0.393. The molecule has 5 aliphatic heterocycles. The van der Waals surface area contributed by atoms with Gasteiger partial charge in [-0.25, -0.2) is 13.2 Å². The lowest BCUT2D eigenvalue weighted by molar-refractivity contribution is -0.955. The molecule has 1 aromatic heterocycles. The number of ether oxygens (including phenoxy) is 4. The number of hydrogen-bond acceptors (Lipinski definition) is 14. The van der Waals surface area contributed by atoms with Gasteiger partial charge in [0.05, 0.1) is 45.4 Å². The quantitative estimate of drug-likeness (QED) is 0.0424. The number of likely N-dealkylation sites (N-methyl/N-ethyl adjacent to an activating group) is 1. The highest BCUT2D eigenvalue weighted by atomic mass is 32.2. The molecule has 6 aliphatic rings. The third-order valence-electron chi connectivity index (χ3n) is 18.9. The number of nitrogens with zero attached hydrogens (tertiary/aromatic N) is 3. The van der Waals surface area contributed by atoms with E-state index in [-0.39, 0.29) is 16.9 Å². The van der Waals surface area contributed by atoms with Crippen molar-refractivity contribution in [1.29, 1.82) is 0 Å². The standard InChI is InChI=1S/C54H67N4O9.C7H8O3S/c1-8-50(62)29-36-30-53(48(60)65-6,44-38(37-19-13-14-21-41(37)55-44)20-15-26-58(32-36,33-50)31-35-17-11-10-12-18-35)40-27-39-42(28-43(40)64-5)56(4)46-52(39)23-25-57-24-16-22-51(9-2,45(52)57)47(67-34(3)59)54(46,63)49(61)66-7;1-6-2-4-7(5-3-6)11(8,9)10/h10-14,16-19,21-22,27-28,36,45-47,55,62-63H,8-9,15,20,23-26,29-33H2,1-7H3;2-5H,1H3,(H,8,9,10)/q+1;/p-1/t36-,45+,46-,47-,50+,51-,52-,53-,54+,58?;/m1./s1. The number of fused-ring (bicyclic) bond motifs is 6. The largest absolute Gasteiger partial charge is 0.744 e. The maximum absolute atomic E-state index is 15.8. The van der Waals surface area contributed by atoms with Crippen molar-refractivity contribution in [1.82, 2.24) is 9.88 Å². The lowest BCUT2D eigenvalue weighted by Crippen LogP contribution is -2.81. The van der Waals surface area contributed by atoms with Crippen LogP contribution in [0.4, 0.5) is 5.69 Å². The predicted molar refractivity (Wildman–Crippen MR) is 293 cm³/mol. The van der Waals surface area contributed by atoms with Crippen LogP contribution in [0.15, 0.2) is 108 Å². The lowest BCUT2D eigenvalue weighted by atomic mass is 9.47. The summed E-state index contributed by atoms with van der Waals surface area (Å²) in [6, 6.07) is 27.4. The number of carbonyl (C=O) groups is 3. The van der Waals surface area contributed by atoms with Gasteiger partial charge in [-0.3, -0.25) is 14.5 Å². The van der Waals surface area contributed by atoms with Crippen LogP contribution in [0.1, 0.15) is 92.8 Å². The summed E-state index contributed by atoms with van der Waals surface area (Å²) in [5, 5.41) is 27.2. The molecular formula is C61H74N4O12S. The van der Waals surface area contributed by atoms with E-state index in [2.05, 4.69) is 71.4 Å². The van der Waals surface area contributed by atoms with Crippen LogP contribution >= 0.6 is 0 Å². The van der Waals surface area contributed by atoms with Gasteiger partial charge in [0.2, 0.25) is 5.60 Å². The molecule has 0 radical (unpaired) electrons. The summed E-state index contributed by atoms with van der Waals surface area (Å²) in [4.78, 5) is 51.5. The summed E-state index contributed by atoms with van der Waals surface area (Å²) >= 11 is 0. The maximum atomic E-state index is 15.8. The molecule has 0 amide bonds. The van der Waals surface area contributed by atoms with Gasteiger partial charge in [0.15, 0.2) is 6.10 Å². The molecule has 2 saturated heterocycles. The van der Waals surface area contributed by atoms with E-state index in [0.29, 0.717) is 74.0 Å². The maximum Gasteiger partial charge on any atom is 0.344 e. The number of anilines is 1. The smallest absolute Gasteiger partial charge is 0.344 e. The summed E-state index contributed by atoms with van der Waals surface area (Å²) in [5.74, 6) is -1.61. The molecular weight excluding hydrogens is 1010 g/mol. The van der Waals surface area contributed by atoms with E-state index in [0.717, 1.165) is 65.0 Å². The molecule has 3 N–H and O–H groups in total. The van der Waals surface area contributed by atoms with E-state index in [1.54, 1.807) is 19.2 Å². The number of methoxy groups -OCH3 is 3. The third kappa shape index (κ3) is 8.56. The van der Waals surface area contributed by atoms with Crippen LogP contribution in [-0.2, 0) is 62.5 Å². The second-order valence-corrected chi connectivity index (χ2v) is 24.5. The predicted octanol–water partition coefficient (Wildman–Crippen LogP) is 7.00. The molecule has 6 heterocycles.